The number of ketones is 1. The van der Waals surface area contributed by atoms with Crippen molar-refractivity contribution in [1.29, 1.82) is 5.26 Å². The first-order valence-electron chi connectivity index (χ1n) is 4.73. The minimum Gasteiger partial charge on any atom is -0.294 e. The van der Waals surface area contributed by atoms with Gasteiger partial charge in [-0.25, -0.2) is 0 Å². The zero-order chi connectivity index (χ0) is 10.6. The first kappa shape index (κ1) is 10.5. The highest BCUT2D eigenvalue weighted by Gasteiger charge is 2.12. The van der Waals surface area contributed by atoms with E-state index in [0.29, 0.717) is 11.1 Å². The average Bonchev–Trinajstić information content (AvgIpc) is 2.27. The van der Waals surface area contributed by atoms with Gasteiger partial charge in [0.2, 0.25) is 0 Å². The van der Waals surface area contributed by atoms with Crippen LogP contribution in [0.5, 0.6) is 0 Å². The van der Waals surface area contributed by atoms with Crippen LogP contribution in [-0.2, 0) is 0 Å². The molecule has 1 aromatic carbocycles. The Morgan fingerprint density at radius 3 is 2.43 bits per heavy atom. The van der Waals surface area contributed by atoms with Crippen molar-refractivity contribution in [2.24, 2.45) is 5.92 Å². The Kier molecular flexibility index (Phi) is 3.41. The van der Waals surface area contributed by atoms with Crippen molar-refractivity contribution in [3.05, 3.63) is 35.4 Å². The van der Waals surface area contributed by atoms with Crippen molar-refractivity contribution in [3.8, 4) is 6.07 Å². The molecule has 1 aromatic rings. The lowest BCUT2D eigenvalue weighted by atomic mass is 9.97. The Morgan fingerprint density at radius 1 is 1.43 bits per heavy atom. The molecule has 1 unspecified atom stereocenters. The molecule has 0 aliphatic heterocycles. The maximum Gasteiger partial charge on any atom is 0.165 e. The van der Waals surface area contributed by atoms with Crippen LogP contribution in [0.1, 0.15) is 36.2 Å². The molecular weight excluding hydrogens is 174 g/mol. The third kappa shape index (κ3) is 2.20. The highest BCUT2D eigenvalue weighted by atomic mass is 16.1. The van der Waals surface area contributed by atoms with Gasteiger partial charge in [-0.3, -0.25) is 4.79 Å². The van der Waals surface area contributed by atoms with Gasteiger partial charge in [0.25, 0.3) is 0 Å². The Hall–Kier alpha value is -1.62. The molecule has 1 rings (SSSR count). The standard InChI is InChI=1S/C12H13NO/c1-3-9(2)12(14)11-6-4-10(8-13)5-7-11/h4-7,9H,3H2,1-2H3. The second kappa shape index (κ2) is 4.57. The number of Topliss-reactive ketones (excluding diaryl/α,β-unsaturated/α-hetero) is 1. The summed E-state index contributed by atoms with van der Waals surface area (Å²) in [4.78, 5) is 11.7. The van der Waals surface area contributed by atoms with E-state index >= 15 is 0 Å². The molecule has 0 saturated heterocycles. The van der Waals surface area contributed by atoms with Crippen molar-refractivity contribution in [3.63, 3.8) is 0 Å². The second-order valence-electron chi connectivity index (χ2n) is 3.36. The zero-order valence-corrected chi connectivity index (χ0v) is 8.45. The lowest BCUT2D eigenvalue weighted by molar-refractivity contribution is 0.0927. The van der Waals surface area contributed by atoms with Crippen LogP contribution in [0, 0.1) is 17.2 Å². The summed E-state index contributed by atoms with van der Waals surface area (Å²) < 4.78 is 0. The van der Waals surface area contributed by atoms with E-state index in [4.69, 9.17) is 5.26 Å². The van der Waals surface area contributed by atoms with E-state index in [2.05, 4.69) is 0 Å². The molecule has 2 nitrogen and oxygen atoms in total. The molecule has 72 valence electrons. The van der Waals surface area contributed by atoms with E-state index < -0.39 is 0 Å². The summed E-state index contributed by atoms with van der Waals surface area (Å²) in [5.41, 5.74) is 1.28. The zero-order valence-electron chi connectivity index (χ0n) is 8.45. The number of carbonyl (C=O) groups is 1. The fraction of sp³-hybridized carbons (Fsp3) is 0.333. The topological polar surface area (TPSA) is 40.9 Å². The van der Waals surface area contributed by atoms with Crippen molar-refractivity contribution >= 4 is 5.78 Å². The quantitative estimate of drug-likeness (QED) is 0.683. The summed E-state index contributed by atoms with van der Waals surface area (Å²) in [5, 5.41) is 8.59. The highest BCUT2D eigenvalue weighted by molar-refractivity contribution is 5.97. The van der Waals surface area contributed by atoms with Gasteiger partial charge < -0.3 is 0 Å². The van der Waals surface area contributed by atoms with Gasteiger partial charge in [-0.15, -0.1) is 0 Å². The summed E-state index contributed by atoms with van der Waals surface area (Å²) in [6.07, 6.45) is 0.846. The number of nitrogens with zero attached hydrogens (tertiary/aromatic N) is 1. The van der Waals surface area contributed by atoms with Gasteiger partial charge in [0.1, 0.15) is 0 Å². The van der Waals surface area contributed by atoms with E-state index in [0.717, 1.165) is 6.42 Å². The normalized spacial score (nSPS) is 11.8. The lowest BCUT2D eigenvalue weighted by Crippen LogP contribution is -2.09. The van der Waals surface area contributed by atoms with E-state index in [1.54, 1.807) is 24.3 Å². The molecular formula is C12H13NO. The van der Waals surface area contributed by atoms with Gasteiger partial charge in [-0.05, 0) is 18.6 Å². The van der Waals surface area contributed by atoms with Crippen LogP contribution in [0.2, 0.25) is 0 Å². The summed E-state index contributed by atoms with van der Waals surface area (Å²) in [6, 6.07) is 8.81. The van der Waals surface area contributed by atoms with Crippen LogP contribution in [0.3, 0.4) is 0 Å². The summed E-state index contributed by atoms with van der Waals surface area (Å²) in [6.45, 7) is 3.91. The highest BCUT2D eigenvalue weighted by Crippen LogP contribution is 2.12. The van der Waals surface area contributed by atoms with Crippen molar-refractivity contribution < 1.29 is 4.79 Å². The molecule has 0 heterocycles. The Bertz CT molecular complexity index is 359. The smallest absolute Gasteiger partial charge is 0.165 e. The van der Waals surface area contributed by atoms with E-state index in [9.17, 15) is 4.79 Å². The second-order valence-corrected chi connectivity index (χ2v) is 3.36. The number of carbonyl (C=O) groups excluding carboxylic acids is 1. The predicted molar refractivity (Wildman–Crippen MR) is 54.9 cm³/mol. The average molecular weight is 187 g/mol. The van der Waals surface area contributed by atoms with Gasteiger partial charge in [-0.2, -0.15) is 5.26 Å². The minimum atomic E-state index is 0.0583. The molecule has 0 N–H and O–H groups in total. The molecule has 0 spiro atoms. The summed E-state index contributed by atoms with van der Waals surface area (Å²) in [5.74, 6) is 0.208. The molecule has 14 heavy (non-hydrogen) atoms. The van der Waals surface area contributed by atoms with E-state index in [1.807, 2.05) is 19.9 Å². The molecule has 2 heteroatoms. The Morgan fingerprint density at radius 2 is 2.00 bits per heavy atom. The molecule has 1 atom stereocenters. The molecule has 0 amide bonds. The molecule has 0 bridgehead atoms. The first-order valence-corrected chi connectivity index (χ1v) is 4.73. The van der Waals surface area contributed by atoms with Gasteiger partial charge in [0, 0.05) is 11.5 Å². The maximum atomic E-state index is 11.7. The monoisotopic (exact) mass is 187 g/mol. The van der Waals surface area contributed by atoms with Crippen LogP contribution in [0.25, 0.3) is 0 Å². The van der Waals surface area contributed by atoms with Crippen LogP contribution in [-0.4, -0.2) is 5.78 Å². The fourth-order valence-electron chi connectivity index (χ4n) is 1.18. The number of hydrogen-bond acceptors (Lipinski definition) is 2. The molecule has 0 aromatic heterocycles. The maximum absolute atomic E-state index is 11.7. The third-order valence-corrected chi connectivity index (χ3v) is 2.36. The van der Waals surface area contributed by atoms with Crippen LogP contribution >= 0.6 is 0 Å². The number of rotatable bonds is 3. The predicted octanol–water partition coefficient (Wildman–Crippen LogP) is 2.79. The fourth-order valence-corrected chi connectivity index (χ4v) is 1.18. The number of nitriles is 1. The number of hydrogen-bond donors (Lipinski definition) is 0. The van der Waals surface area contributed by atoms with Gasteiger partial charge in [0.05, 0.1) is 11.6 Å². The molecule has 0 radical (unpaired) electrons. The van der Waals surface area contributed by atoms with E-state index in [-0.39, 0.29) is 11.7 Å². The Balaban J connectivity index is 2.88. The molecule has 0 fully saturated rings. The van der Waals surface area contributed by atoms with Gasteiger partial charge in [0.15, 0.2) is 5.78 Å². The first-order chi connectivity index (χ1) is 6.69. The van der Waals surface area contributed by atoms with Gasteiger partial charge >= 0.3 is 0 Å². The third-order valence-electron chi connectivity index (χ3n) is 2.36. The van der Waals surface area contributed by atoms with Crippen LogP contribution in [0.15, 0.2) is 24.3 Å². The van der Waals surface area contributed by atoms with E-state index in [1.165, 1.54) is 0 Å². The summed E-state index contributed by atoms with van der Waals surface area (Å²) >= 11 is 0. The molecule has 0 saturated carbocycles. The Labute approximate surface area is 84.2 Å². The molecule has 0 aliphatic carbocycles. The van der Waals surface area contributed by atoms with Crippen molar-refractivity contribution in [1.82, 2.24) is 0 Å². The minimum absolute atomic E-state index is 0.0583. The lowest BCUT2D eigenvalue weighted by Gasteiger charge is -2.06. The molecule has 0 aliphatic rings. The number of benzene rings is 1. The van der Waals surface area contributed by atoms with Crippen LogP contribution in [0.4, 0.5) is 0 Å². The van der Waals surface area contributed by atoms with Crippen molar-refractivity contribution in [2.75, 3.05) is 0 Å². The largest absolute Gasteiger partial charge is 0.294 e. The SMILES string of the molecule is CCC(C)C(=O)c1ccc(C#N)cc1. The van der Waals surface area contributed by atoms with Gasteiger partial charge in [-0.1, -0.05) is 26.0 Å². The summed E-state index contributed by atoms with van der Waals surface area (Å²) in [7, 11) is 0. The van der Waals surface area contributed by atoms with Crippen LogP contribution < -0.4 is 0 Å². The van der Waals surface area contributed by atoms with Crippen molar-refractivity contribution in [2.45, 2.75) is 20.3 Å².